The topological polar surface area (TPSA) is 12.9 Å². The van der Waals surface area contributed by atoms with E-state index >= 15 is 0 Å². The van der Waals surface area contributed by atoms with E-state index < -0.39 is 0 Å². The van der Waals surface area contributed by atoms with Crippen molar-refractivity contribution in [2.24, 2.45) is 0 Å². The Balaban J connectivity index is 2.94. The molecule has 0 amide bonds. The molecule has 1 aromatic heterocycles. The molecule has 1 heterocycles. The molecule has 1 aromatic rings. The lowest BCUT2D eigenvalue weighted by molar-refractivity contribution is 1.25. The van der Waals surface area contributed by atoms with Gasteiger partial charge in [0.2, 0.25) is 0 Å². The Morgan fingerprint density at radius 1 is 1.78 bits per heavy atom. The number of rotatable bonds is 1. The molecule has 0 aliphatic rings. The molecular formula is C6H5ClNS. The first-order chi connectivity index (χ1) is 4.33. The molecule has 0 N–H and O–H groups in total. The lowest BCUT2D eigenvalue weighted by Gasteiger charge is -1.91. The van der Waals surface area contributed by atoms with Gasteiger partial charge in [-0.2, -0.15) is 0 Å². The van der Waals surface area contributed by atoms with Crippen molar-refractivity contribution in [2.45, 2.75) is 4.90 Å². The normalized spacial score (nSPS) is 9.56. The van der Waals surface area contributed by atoms with Crippen molar-refractivity contribution in [2.75, 3.05) is 6.26 Å². The third kappa shape index (κ3) is 1.88. The molecular weight excluding hydrogens is 154 g/mol. The van der Waals surface area contributed by atoms with Gasteiger partial charge in [-0.25, -0.2) is 4.98 Å². The summed E-state index contributed by atoms with van der Waals surface area (Å²) >= 11 is 7.15. The van der Waals surface area contributed by atoms with Crippen LogP contribution >= 0.6 is 23.4 Å². The molecule has 0 saturated carbocycles. The Labute approximate surface area is 63.4 Å². The first-order valence-corrected chi connectivity index (χ1v) is 4.01. The smallest absolute Gasteiger partial charge is 0.138 e. The maximum absolute atomic E-state index is 5.54. The van der Waals surface area contributed by atoms with Gasteiger partial charge in [0.1, 0.15) is 5.15 Å². The summed E-state index contributed by atoms with van der Waals surface area (Å²) in [5, 5.41) is 0.432. The standard InChI is InChI=1S/C6H5ClNS/c1-9-5-2-3-8-6(7)4-5/h2-3H,1H3. The Morgan fingerprint density at radius 3 is 3.00 bits per heavy atom. The number of hydrogen-bond donors (Lipinski definition) is 0. The van der Waals surface area contributed by atoms with E-state index in [0.717, 1.165) is 4.90 Å². The summed E-state index contributed by atoms with van der Waals surface area (Å²) in [5.74, 6) is 0. The summed E-state index contributed by atoms with van der Waals surface area (Å²) in [6.07, 6.45) is 3.65. The van der Waals surface area contributed by atoms with Crippen molar-refractivity contribution in [1.82, 2.24) is 4.98 Å². The molecule has 0 aliphatic heterocycles. The quantitative estimate of drug-likeness (QED) is 0.460. The Bertz CT molecular complexity index is 202. The molecule has 0 saturated heterocycles. The second-order valence-corrected chi connectivity index (χ2v) is 2.64. The van der Waals surface area contributed by atoms with Gasteiger partial charge in [-0.3, -0.25) is 0 Å². The summed E-state index contributed by atoms with van der Waals surface area (Å²) in [6.45, 7) is 0. The minimum absolute atomic E-state index is 0.432. The first-order valence-electron chi connectivity index (χ1n) is 2.41. The van der Waals surface area contributed by atoms with Crippen LogP contribution in [-0.4, -0.2) is 11.2 Å². The Hall–Kier alpha value is -0.210. The molecule has 0 aromatic carbocycles. The zero-order valence-corrected chi connectivity index (χ0v) is 6.46. The molecule has 1 radical (unpaired) electrons. The van der Waals surface area contributed by atoms with Gasteiger partial charge in [0.05, 0.1) is 0 Å². The second-order valence-electron chi connectivity index (χ2n) is 1.43. The summed E-state index contributed by atoms with van der Waals surface area (Å²) in [4.78, 5) is 4.81. The van der Waals surface area contributed by atoms with Crippen LogP contribution in [0.2, 0.25) is 5.15 Å². The summed E-state index contributed by atoms with van der Waals surface area (Å²) in [7, 11) is 0. The number of nitrogens with zero attached hydrogens (tertiary/aromatic N) is 1. The molecule has 3 heteroatoms. The lowest BCUT2D eigenvalue weighted by Crippen LogP contribution is -1.74. The highest BCUT2D eigenvalue weighted by Crippen LogP contribution is 2.15. The van der Waals surface area contributed by atoms with Crippen LogP contribution in [0, 0.1) is 6.07 Å². The van der Waals surface area contributed by atoms with E-state index in [9.17, 15) is 0 Å². The molecule has 0 spiro atoms. The predicted molar refractivity (Wildman–Crippen MR) is 39.9 cm³/mol. The van der Waals surface area contributed by atoms with Crippen LogP contribution in [0.25, 0.3) is 0 Å². The third-order valence-corrected chi connectivity index (χ3v) is 1.73. The van der Waals surface area contributed by atoms with Gasteiger partial charge in [-0.05, 0) is 12.3 Å². The van der Waals surface area contributed by atoms with Crippen LogP contribution in [0.4, 0.5) is 0 Å². The first kappa shape index (κ1) is 6.90. The van der Waals surface area contributed by atoms with Gasteiger partial charge in [-0.15, -0.1) is 11.8 Å². The number of thioether (sulfide) groups is 1. The van der Waals surface area contributed by atoms with E-state index in [1.807, 2.05) is 12.3 Å². The van der Waals surface area contributed by atoms with E-state index in [-0.39, 0.29) is 0 Å². The minimum atomic E-state index is 0.432. The number of pyridine rings is 1. The molecule has 0 atom stereocenters. The minimum Gasteiger partial charge on any atom is -0.244 e. The number of halogens is 1. The van der Waals surface area contributed by atoms with Crippen molar-refractivity contribution in [1.29, 1.82) is 0 Å². The van der Waals surface area contributed by atoms with Crippen LogP contribution in [0.1, 0.15) is 0 Å². The second kappa shape index (κ2) is 3.08. The monoisotopic (exact) mass is 158 g/mol. The fourth-order valence-corrected chi connectivity index (χ4v) is 1.07. The van der Waals surface area contributed by atoms with Gasteiger partial charge < -0.3 is 0 Å². The number of hydrogen-bond acceptors (Lipinski definition) is 2. The van der Waals surface area contributed by atoms with E-state index in [2.05, 4.69) is 11.1 Å². The van der Waals surface area contributed by atoms with Crippen molar-refractivity contribution in [3.63, 3.8) is 0 Å². The van der Waals surface area contributed by atoms with E-state index in [1.165, 1.54) is 0 Å². The molecule has 9 heavy (non-hydrogen) atoms. The van der Waals surface area contributed by atoms with Gasteiger partial charge in [0.15, 0.2) is 0 Å². The summed E-state index contributed by atoms with van der Waals surface area (Å²) < 4.78 is 0. The largest absolute Gasteiger partial charge is 0.244 e. The van der Waals surface area contributed by atoms with Crippen molar-refractivity contribution < 1.29 is 0 Å². The van der Waals surface area contributed by atoms with Crippen LogP contribution in [0.15, 0.2) is 17.2 Å². The van der Waals surface area contributed by atoms with Crippen molar-refractivity contribution in [3.05, 3.63) is 23.5 Å². The average molecular weight is 159 g/mol. The maximum Gasteiger partial charge on any atom is 0.138 e. The van der Waals surface area contributed by atoms with E-state index in [0.29, 0.717) is 5.15 Å². The SMILES string of the molecule is CSc1[c]c(Cl)ncc1. The molecule has 0 aliphatic carbocycles. The molecule has 0 fully saturated rings. The zero-order valence-electron chi connectivity index (χ0n) is 4.89. The highest BCUT2D eigenvalue weighted by molar-refractivity contribution is 7.98. The fourth-order valence-electron chi connectivity index (χ4n) is 0.465. The average Bonchev–Trinajstić information content (AvgIpc) is 1.88. The van der Waals surface area contributed by atoms with E-state index in [4.69, 9.17) is 11.6 Å². The fraction of sp³-hybridized carbons (Fsp3) is 0.167. The van der Waals surface area contributed by atoms with Gasteiger partial charge in [-0.1, -0.05) is 11.6 Å². The number of aromatic nitrogens is 1. The zero-order chi connectivity index (χ0) is 6.69. The lowest BCUT2D eigenvalue weighted by atomic mass is 10.5. The Morgan fingerprint density at radius 2 is 2.56 bits per heavy atom. The van der Waals surface area contributed by atoms with Crippen LogP contribution in [0.3, 0.4) is 0 Å². The highest BCUT2D eigenvalue weighted by atomic mass is 35.5. The van der Waals surface area contributed by atoms with Gasteiger partial charge in [0.25, 0.3) is 0 Å². The van der Waals surface area contributed by atoms with Crippen LogP contribution in [-0.2, 0) is 0 Å². The molecule has 1 nitrogen and oxygen atoms in total. The van der Waals surface area contributed by atoms with E-state index in [1.54, 1.807) is 18.0 Å². The maximum atomic E-state index is 5.54. The van der Waals surface area contributed by atoms with Gasteiger partial charge >= 0.3 is 0 Å². The van der Waals surface area contributed by atoms with Crippen molar-refractivity contribution >= 4 is 23.4 Å². The van der Waals surface area contributed by atoms with Gasteiger partial charge in [0, 0.05) is 17.2 Å². The summed E-state index contributed by atoms with van der Waals surface area (Å²) in [6, 6.07) is 4.75. The molecule has 0 bridgehead atoms. The van der Waals surface area contributed by atoms with Crippen LogP contribution in [0.5, 0.6) is 0 Å². The highest BCUT2D eigenvalue weighted by Gasteiger charge is 1.90. The third-order valence-electron chi connectivity index (χ3n) is 0.860. The van der Waals surface area contributed by atoms with Crippen molar-refractivity contribution in [3.8, 4) is 0 Å². The molecule has 47 valence electrons. The van der Waals surface area contributed by atoms with Crippen LogP contribution < -0.4 is 0 Å². The predicted octanol–water partition coefficient (Wildman–Crippen LogP) is 2.26. The summed E-state index contributed by atoms with van der Waals surface area (Å²) in [5.41, 5.74) is 0. The molecule has 0 unspecified atom stereocenters. The molecule has 1 rings (SSSR count). The Kier molecular flexibility index (Phi) is 2.37.